The van der Waals surface area contributed by atoms with Crippen molar-refractivity contribution in [2.45, 2.75) is 38.0 Å². The predicted molar refractivity (Wildman–Crippen MR) is 83.1 cm³/mol. The topological polar surface area (TPSA) is 50.3 Å². The van der Waals surface area contributed by atoms with Crippen molar-refractivity contribution in [3.8, 4) is 0 Å². The molecule has 4 saturated heterocycles. The van der Waals surface area contributed by atoms with Crippen LogP contribution in [0.2, 0.25) is 0 Å². The molecule has 4 heterocycles. The Hall–Kier alpha value is -0.690. The first-order valence-electron chi connectivity index (χ1n) is 8.71. The van der Waals surface area contributed by atoms with Gasteiger partial charge in [0, 0.05) is 52.4 Å². The monoisotopic (exact) mass is 308 g/mol. The predicted octanol–water partition coefficient (Wildman–Crippen LogP) is -0.403. The molecule has 1 unspecified atom stereocenters. The van der Waals surface area contributed by atoms with Crippen molar-refractivity contribution >= 4 is 5.91 Å². The van der Waals surface area contributed by atoms with E-state index in [-0.39, 0.29) is 29.8 Å². The summed E-state index contributed by atoms with van der Waals surface area (Å²) in [5, 5.41) is 9.30. The van der Waals surface area contributed by atoms with Crippen LogP contribution in [0.4, 0.5) is 0 Å². The molecule has 0 aliphatic carbocycles. The van der Waals surface area contributed by atoms with Gasteiger partial charge >= 0.3 is 0 Å². The molecular formula is C16H28N4O2. The highest BCUT2D eigenvalue weighted by molar-refractivity contribution is 5.81. The molecule has 0 saturated carbocycles. The number of aliphatic hydroxyl groups is 1. The van der Waals surface area contributed by atoms with Crippen molar-refractivity contribution < 1.29 is 9.90 Å². The van der Waals surface area contributed by atoms with E-state index in [1.54, 1.807) is 0 Å². The second-order valence-corrected chi connectivity index (χ2v) is 7.51. The maximum absolute atomic E-state index is 13.0. The Balaban J connectivity index is 1.76. The van der Waals surface area contributed by atoms with Gasteiger partial charge in [0.25, 0.3) is 0 Å². The number of rotatable bonds is 2. The smallest absolute Gasteiger partial charge is 0.228 e. The van der Waals surface area contributed by atoms with Crippen molar-refractivity contribution in [3.63, 3.8) is 0 Å². The SMILES string of the molecule is C[C@]12N3CCCN1CCN1C(=O)C(CCO)CN(CC3)[C@]12C. The van der Waals surface area contributed by atoms with E-state index in [4.69, 9.17) is 0 Å². The molecule has 4 rings (SSSR count). The van der Waals surface area contributed by atoms with E-state index in [9.17, 15) is 9.90 Å². The Labute approximate surface area is 132 Å². The number of piperazine rings is 2. The second-order valence-electron chi connectivity index (χ2n) is 7.51. The lowest BCUT2D eigenvalue weighted by Gasteiger charge is -2.73. The van der Waals surface area contributed by atoms with Gasteiger partial charge in [0.2, 0.25) is 5.91 Å². The van der Waals surface area contributed by atoms with Crippen LogP contribution in [-0.2, 0) is 4.79 Å². The molecule has 1 amide bonds. The molecule has 3 atom stereocenters. The average molecular weight is 308 g/mol. The van der Waals surface area contributed by atoms with E-state index in [0.717, 1.165) is 45.8 Å². The van der Waals surface area contributed by atoms with Crippen LogP contribution < -0.4 is 0 Å². The minimum absolute atomic E-state index is 0.0386. The summed E-state index contributed by atoms with van der Waals surface area (Å²) < 4.78 is 0. The Bertz CT molecular complexity index is 479. The molecule has 22 heavy (non-hydrogen) atoms. The molecule has 0 aromatic carbocycles. The van der Waals surface area contributed by atoms with E-state index in [2.05, 4.69) is 33.4 Å². The van der Waals surface area contributed by atoms with Crippen molar-refractivity contribution in [2.24, 2.45) is 5.92 Å². The van der Waals surface area contributed by atoms with Crippen LogP contribution in [0.3, 0.4) is 0 Å². The highest BCUT2D eigenvalue weighted by Crippen LogP contribution is 2.49. The minimum atomic E-state index is -0.243. The van der Waals surface area contributed by atoms with Crippen LogP contribution in [0, 0.1) is 5.92 Å². The quantitative estimate of drug-likeness (QED) is 0.752. The largest absolute Gasteiger partial charge is 0.396 e. The fraction of sp³-hybridized carbons (Fsp3) is 0.938. The molecule has 4 aliphatic heterocycles. The molecule has 0 aromatic heterocycles. The first-order valence-corrected chi connectivity index (χ1v) is 8.71. The number of amides is 1. The van der Waals surface area contributed by atoms with E-state index in [1.807, 2.05) is 0 Å². The van der Waals surface area contributed by atoms with Crippen LogP contribution in [0.25, 0.3) is 0 Å². The number of hydrogen-bond donors (Lipinski definition) is 1. The molecule has 6 nitrogen and oxygen atoms in total. The van der Waals surface area contributed by atoms with Gasteiger partial charge in [0.05, 0.1) is 5.92 Å². The minimum Gasteiger partial charge on any atom is -0.396 e. The lowest BCUT2D eigenvalue weighted by atomic mass is 9.78. The number of aliphatic hydroxyl groups excluding tert-OH is 1. The summed E-state index contributed by atoms with van der Waals surface area (Å²) >= 11 is 0. The summed E-state index contributed by atoms with van der Waals surface area (Å²) in [6.45, 7) is 11.7. The second kappa shape index (κ2) is 4.90. The summed E-state index contributed by atoms with van der Waals surface area (Å²) in [6.07, 6.45) is 1.82. The highest BCUT2D eigenvalue weighted by Gasteiger charge is 2.66. The fourth-order valence-corrected chi connectivity index (χ4v) is 5.50. The molecule has 0 spiro atoms. The zero-order valence-corrected chi connectivity index (χ0v) is 13.8. The third kappa shape index (κ3) is 1.62. The zero-order chi connectivity index (χ0) is 15.5. The highest BCUT2D eigenvalue weighted by atomic mass is 16.3. The normalized spacial score (nSPS) is 43.3. The van der Waals surface area contributed by atoms with Gasteiger partial charge in [-0.05, 0) is 26.7 Å². The van der Waals surface area contributed by atoms with Crippen molar-refractivity contribution in [3.05, 3.63) is 0 Å². The van der Waals surface area contributed by atoms with Crippen LogP contribution >= 0.6 is 0 Å². The van der Waals surface area contributed by atoms with Gasteiger partial charge < -0.3 is 10.0 Å². The third-order valence-corrected chi connectivity index (χ3v) is 6.89. The van der Waals surface area contributed by atoms with Gasteiger partial charge in [0.15, 0.2) is 0 Å². The Kier molecular flexibility index (Phi) is 3.31. The molecular weight excluding hydrogens is 280 g/mol. The number of hydrogen-bond acceptors (Lipinski definition) is 5. The summed E-state index contributed by atoms with van der Waals surface area (Å²) in [5.41, 5.74) is -0.325. The molecule has 0 bridgehead atoms. The van der Waals surface area contributed by atoms with Crippen molar-refractivity contribution in [2.75, 3.05) is 52.4 Å². The lowest BCUT2D eigenvalue weighted by molar-refractivity contribution is -0.283. The molecule has 4 fully saturated rings. The van der Waals surface area contributed by atoms with Crippen LogP contribution in [0.5, 0.6) is 0 Å². The Morgan fingerprint density at radius 1 is 1.00 bits per heavy atom. The molecule has 124 valence electrons. The molecule has 1 N–H and O–H groups in total. The van der Waals surface area contributed by atoms with Gasteiger partial charge in [-0.3, -0.25) is 19.5 Å². The van der Waals surface area contributed by atoms with Crippen LogP contribution in [0.1, 0.15) is 26.7 Å². The van der Waals surface area contributed by atoms with Gasteiger partial charge in [0.1, 0.15) is 11.3 Å². The first-order chi connectivity index (χ1) is 10.5. The number of carbonyl (C=O) groups is 1. The summed E-state index contributed by atoms with van der Waals surface area (Å²) in [5.74, 6) is 0.212. The van der Waals surface area contributed by atoms with E-state index < -0.39 is 0 Å². The number of nitrogens with zero attached hydrogens (tertiary/aromatic N) is 4. The summed E-state index contributed by atoms with van der Waals surface area (Å²) in [4.78, 5) is 22.8. The maximum atomic E-state index is 13.0. The summed E-state index contributed by atoms with van der Waals surface area (Å²) in [7, 11) is 0. The molecule has 0 radical (unpaired) electrons. The summed E-state index contributed by atoms with van der Waals surface area (Å²) in [6, 6.07) is 0. The van der Waals surface area contributed by atoms with Gasteiger partial charge in [-0.1, -0.05) is 0 Å². The van der Waals surface area contributed by atoms with Gasteiger partial charge in [-0.25, -0.2) is 0 Å². The molecule has 4 aliphatic rings. The lowest BCUT2D eigenvalue weighted by Crippen LogP contribution is -2.90. The molecule has 0 aromatic rings. The van der Waals surface area contributed by atoms with Crippen LogP contribution in [-0.4, -0.2) is 94.4 Å². The average Bonchev–Trinajstić information content (AvgIpc) is 2.49. The number of carbonyl (C=O) groups excluding carboxylic acids is 1. The fourth-order valence-electron chi connectivity index (χ4n) is 5.50. The van der Waals surface area contributed by atoms with Crippen LogP contribution in [0.15, 0.2) is 0 Å². The Morgan fingerprint density at radius 3 is 2.32 bits per heavy atom. The maximum Gasteiger partial charge on any atom is 0.228 e. The van der Waals surface area contributed by atoms with E-state index >= 15 is 0 Å². The van der Waals surface area contributed by atoms with E-state index in [0.29, 0.717) is 6.42 Å². The standard InChI is InChI=1S/C16H28N4O2/c1-15-16(2)19-8-7-17(15)5-3-6-18(15)9-10-20(16)14(22)13(12-19)4-11-21/h13,21H,3-12H2,1-2H3/t13?,15-,16+/m0/s1. The van der Waals surface area contributed by atoms with Crippen molar-refractivity contribution in [1.29, 1.82) is 0 Å². The van der Waals surface area contributed by atoms with Crippen molar-refractivity contribution in [1.82, 2.24) is 19.6 Å². The van der Waals surface area contributed by atoms with Gasteiger partial charge in [-0.15, -0.1) is 0 Å². The molecule has 6 heteroatoms. The Morgan fingerprint density at radius 2 is 1.64 bits per heavy atom. The van der Waals surface area contributed by atoms with Gasteiger partial charge in [-0.2, -0.15) is 0 Å². The third-order valence-electron chi connectivity index (χ3n) is 6.89. The van der Waals surface area contributed by atoms with E-state index in [1.165, 1.54) is 6.42 Å². The zero-order valence-electron chi connectivity index (χ0n) is 13.8. The first kappa shape index (κ1) is 14.9.